The van der Waals surface area contributed by atoms with Gasteiger partial charge in [0.2, 0.25) is 29.5 Å². The van der Waals surface area contributed by atoms with Crippen molar-refractivity contribution in [3.05, 3.63) is 35.4 Å². The van der Waals surface area contributed by atoms with E-state index < -0.39 is 6.23 Å². The average Bonchev–Trinajstić information content (AvgIpc) is 3.27. The predicted molar refractivity (Wildman–Crippen MR) is 115 cm³/mol. The maximum Gasteiger partial charge on any atom is 0.243 e. The van der Waals surface area contributed by atoms with Crippen LogP contribution in [0.1, 0.15) is 24.3 Å². The zero-order valence-electron chi connectivity index (χ0n) is 19.0. The molecule has 3 rings (SSSR count). The SMILES string of the molecule is COc1cc(C2=NN(C(C)=O)[C@@H](c3cc(OC)c(OC)c(OC)c3)O2)cc(OC)c1OC. The maximum atomic E-state index is 12.4. The third kappa shape index (κ3) is 4.03. The van der Waals surface area contributed by atoms with Gasteiger partial charge in [0.15, 0.2) is 23.0 Å². The summed E-state index contributed by atoms with van der Waals surface area (Å²) >= 11 is 0. The molecule has 0 saturated carbocycles. The second kappa shape index (κ2) is 9.54. The Labute approximate surface area is 186 Å². The van der Waals surface area contributed by atoms with Crippen LogP contribution in [0.3, 0.4) is 0 Å². The van der Waals surface area contributed by atoms with Gasteiger partial charge >= 0.3 is 0 Å². The van der Waals surface area contributed by atoms with Crippen LogP contribution >= 0.6 is 0 Å². The van der Waals surface area contributed by atoms with E-state index in [0.29, 0.717) is 45.6 Å². The lowest BCUT2D eigenvalue weighted by molar-refractivity contribution is -0.135. The van der Waals surface area contributed by atoms with Crippen molar-refractivity contribution >= 4 is 11.8 Å². The molecule has 1 aliphatic rings. The van der Waals surface area contributed by atoms with Crippen LogP contribution in [0.25, 0.3) is 0 Å². The smallest absolute Gasteiger partial charge is 0.243 e. The second-order valence-corrected chi connectivity index (χ2v) is 6.61. The fourth-order valence-corrected chi connectivity index (χ4v) is 3.35. The Morgan fingerprint density at radius 2 is 1.22 bits per heavy atom. The fourth-order valence-electron chi connectivity index (χ4n) is 3.35. The lowest BCUT2D eigenvalue weighted by Crippen LogP contribution is -2.25. The third-order valence-electron chi connectivity index (χ3n) is 4.85. The summed E-state index contributed by atoms with van der Waals surface area (Å²) in [6, 6.07) is 6.79. The van der Waals surface area contributed by atoms with E-state index in [2.05, 4.69) is 5.10 Å². The molecule has 10 nitrogen and oxygen atoms in total. The van der Waals surface area contributed by atoms with E-state index in [1.165, 1.54) is 54.6 Å². The average molecular weight is 446 g/mol. The Kier molecular flexibility index (Phi) is 6.82. The number of carbonyl (C=O) groups is 1. The van der Waals surface area contributed by atoms with E-state index in [9.17, 15) is 4.79 Å². The Bertz CT molecular complexity index is 987. The first kappa shape index (κ1) is 22.9. The van der Waals surface area contributed by atoms with Gasteiger partial charge in [-0.15, -0.1) is 5.10 Å². The topological polar surface area (TPSA) is 97.3 Å². The van der Waals surface area contributed by atoms with Gasteiger partial charge in [-0.05, 0) is 24.3 Å². The van der Waals surface area contributed by atoms with Crippen molar-refractivity contribution in [2.75, 3.05) is 42.7 Å². The summed E-state index contributed by atoms with van der Waals surface area (Å²) in [7, 11) is 9.08. The van der Waals surface area contributed by atoms with Crippen LogP contribution in [0.4, 0.5) is 0 Å². The van der Waals surface area contributed by atoms with Gasteiger partial charge in [-0.25, -0.2) is 0 Å². The summed E-state index contributed by atoms with van der Waals surface area (Å²) in [4.78, 5) is 12.4. The Morgan fingerprint density at radius 1 is 0.781 bits per heavy atom. The molecule has 32 heavy (non-hydrogen) atoms. The predicted octanol–water partition coefficient (Wildman–Crippen LogP) is 2.98. The highest BCUT2D eigenvalue weighted by Crippen LogP contribution is 2.43. The standard InChI is InChI=1S/C22H26N2O8/c1-12(25)24-22(14-10-17(28-4)20(31-7)18(11-14)29-5)32-21(23-24)13-8-15(26-2)19(30-6)16(9-13)27-3/h8-11,22H,1-7H3/t22-/m1/s1. The van der Waals surface area contributed by atoms with Crippen LogP contribution in [0.2, 0.25) is 0 Å². The molecule has 1 heterocycles. The van der Waals surface area contributed by atoms with Crippen LogP contribution in [0.5, 0.6) is 34.5 Å². The highest BCUT2D eigenvalue weighted by Gasteiger charge is 2.35. The van der Waals surface area contributed by atoms with Gasteiger partial charge in [0.1, 0.15) is 0 Å². The quantitative estimate of drug-likeness (QED) is 0.611. The van der Waals surface area contributed by atoms with Gasteiger partial charge in [-0.2, -0.15) is 5.01 Å². The molecule has 0 spiro atoms. The highest BCUT2D eigenvalue weighted by molar-refractivity contribution is 5.97. The van der Waals surface area contributed by atoms with Gasteiger partial charge in [0, 0.05) is 18.1 Å². The molecule has 1 atom stereocenters. The number of hydrazone groups is 1. The number of hydrogen-bond acceptors (Lipinski definition) is 9. The van der Waals surface area contributed by atoms with Crippen LogP contribution < -0.4 is 28.4 Å². The molecule has 0 unspecified atom stereocenters. The highest BCUT2D eigenvalue weighted by atomic mass is 16.5. The minimum absolute atomic E-state index is 0.207. The molecule has 0 aromatic heterocycles. The van der Waals surface area contributed by atoms with E-state index in [0.717, 1.165) is 0 Å². The Hall–Kier alpha value is -3.82. The summed E-state index contributed by atoms with van der Waals surface area (Å²) in [6.07, 6.45) is -0.852. The second-order valence-electron chi connectivity index (χ2n) is 6.61. The van der Waals surface area contributed by atoms with Crippen molar-refractivity contribution in [3.8, 4) is 34.5 Å². The molecule has 0 saturated heterocycles. The molecule has 0 fully saturated rings. The molecule has 1 aliphatic heterocycles. The summed E-state index contributed by atoms with van der Waals surface area (Å²) < 4.78 is 38.5. The number of benzene rings is 2. The molecule has 2 aromatic carbocycles. The molecule has 0 aliphatic carbocycles. The van der Waals surface area contributed by atoms with Gasteiger partial charge in [0.25, 0.3) is 0 Å². The lowest BCUT2D eigenvalue weighted by atomic mass is 10.1. The summed E-state index contributed by atoms with van der Waals surface area (Å²) in [5.41, 5.74) is 1.13. The summed E-state index contributed by atoms with van der Waals surface area (Å²) in [6.45, 7) is 1.40. The molecular weight excluding hydrogens is 420 g/mol. The van der Waals surface area contributed by atoms with Crippen LogP contribution in [0.15, 0.2) is 29.4 Å². The zero-order chi connectivity index (χ0) is 23.4. The van der Waals surface area contributed by atoms with E-state index in [1.54, 1.807) is 24.3 Å². The molecule has 0 bridgehead atoms. The minimum atomic E-state index is -0.852. The number of carbonyl (C=O) groups excluding carboxylic acids is 1. The summed E-state index contributed by atoms with van der Waals surface area (Å²) in [5.74, 6) is 2.46. The van der Waals surface area contributed by atoms with E-state index in [-0.39, 0.29) is 11.8 Å². The maximum absolute atomic E-state index is 12.4. The van der Waals surface area contributed by atoms with Crippen molar-refractivity contribution in [2.45, 2.75) is 13.2 Å². The molecule has 2 aromatic rings. The fraction of sp³-hybridized carbons (Fsp3) is 0.364. The number of ether oxygens (including phenoxy) is 7. The molecule has 0 N–H and O–H groups in total. The largest absolute Gasteiger partial charge is 0.493 e. The van der Waals surface area contributed by atoms with Crippen molar-refractivity contribution in [1.29, 1.82) is 0 Å². The molecule has 10 heteroatoms. The number of amides is 1. The number of methoxy groups -OCH3 is 6. The van der Waals surface area contributed by atoms with Crippen molar-refractivity contribution < 1.29 is 38.0 Å². The van der Waals surface area contributed by atoms with Gasteiger partial charge in [0.05, 0.1) is 42.7 Å². The van der Waals surface area contributed by atoms with Gasteiger partial charge in [-0.1, -0.05) is 0 Å². The van der Waals surface area contributed by atoms with E-state index in [1.807, 2.05) is 0 Å². The number of rotatable bonds is 8. The van der Waals surface area contributed by atoms with E-state index >= 15 is 0 Å². The molecule has 172 valence electrons. The lowest BCUT2D eigenvalue weighted by Gasteiger charge is -2.21. The monoisotopic (exact) mass is 446 g/mol. The molecular formula is C22H26N2O8. The van der Waals surface area contributed by atoms with E-state index in [4.69, 9.17) is 33.2 Å². The van der Waals surface area contributed by atoms with Crippen molar-refractivity contribution in [1.82, 2.24) is 5.01 Å². The summed E-state index contributed by atoms with van der Waals surface area (Å²) in [5, 5.41) is 5.62. The van der Waals surface area contributed by atoms with Crippen molar-refractivity contribution in [3.63, 3.8) is 0 Å². The van der Waals surface area contributed by atoms with Gasteiger partial charge < -0.3 is 33.2 Å². The van der Waals surface area contributed by atoms with Crippen LogP contribution in [0, 0.1) is 0 Å². The molecule has 1 amide bonds. The van der Waals surface area contributed by atoms with Crippen molar-refractivity contribution in [2.24, 2.45) is 5.10 Å². The van der Waals surface area contributed by atoms with Crippen LogP contribution in [-0.2, 0) is 9.53 Å². The number of hydrogen-bond donors (Lipinski definition) is 0. The molecule has 0 radical (unpaired) electrons. The van der Waals surface area contributed by atoms with Crippen LogP contribution in [-0.4, -0.2) is 59.5 Å². The van der Waals surface area contributed by atoms with Gasteiger partial charge in [-0.3, -0.25) is 4.79 Å². The first-order valence-corrected chi connectivity index (χ1v) is 9.57. The first-order valence-electron chi connectivity index (χ1n) is 9.57. The number of nitrogens with zero attached hydrogens (tertiary/aromatic N) is 2. The minimum Gasteiger partial charge on any atom is -0.493 e. The third-order valence-corrected chi connectivity index (χ3v) is 4.85. The Morgan fingerprint density at radius 3 is 1.59 bits per heavy atom. The first-order chi connectivity index (χ1) is 15.4. The Balaban J connectivity index is 2.07. The zero-order valence-corrected chi connectivity index (χ0v) is 19.0. The normalized spacial score (nSPS) is 14.9.